The zero-order chi connectivity index (χ0) is 36.7. The molecule has 1 aliphatic rings. The van der Waals surface area contributed by atoms with Crippen molar-refractivity contribution in [1.29, 1.82) is 0 Å². The van der Waals surface area contributed by atoms with Gasteiger partial charge >= 0.3 is 0 Å². The number of nitrogens with zero attached hydrogens (tertiary/aromatic N) is 4. The Morgan fingerprint density at radius 1 is 1.00 bits per heavy atom. The fraction of sp³-hybridized carbons (Fsp3) is 0.410. The first-order chi connectivity index (χ1) is 24.5. The molecule has 12 heteroatoms. The number of amides is 2. The van der Waals surface area contributed by atoms with Crippen molar-refractivity contribution in [3.05, 3.63) is 104 Å². The largest absolute Gasteiger partial charge is 0.395 e. The number of rotatable bonds is 15. The number of carbonyl (C=O) groups is 2. The van der Waals surface area contributed by atoms with Gasteiger partial charge < -0.3 is 20.4 Å². The van der Waals surface area contributed by atoms with E-state index < -0.39 is 6.23 Å². The van der Waals surface area contributed by atoms with E-state index in [1.54, 1.807) is 35.0 Å². The van der Waals surface area contributed by atoms with Crippen LogP contribution < -0.4 is 5.32 Å². The lowest BCUT2D eigenvalue weighted by Crippen LogP contribution is -2.45. The lowest BCUT2D eigenvalue weighted by atomic mass is 9.93. The van der Waals surface area contributed by atoms with E-state index in [1.165, 1.54) is 11.8 Å². The summed E-state index contributed by atoms with van der Waals surface area (Å²) in [4.78, 5) is 31.4. The van der Waals surface area contributed by atoms with Gasteiger partial charge in [0.25, 0.3) is 5.91 Å². The average molecular weight is 753 g/mol. The molecular formula is C39H47Cl2N5O4S. The molecule has 1 aliphatic heterocycles. The molecule has 0 radical (unpaired) electrons. The van der Waals surface area contributed by atoms with E-state index in [1.807, 2.05) is 47.9 Å². The van der Waals surface area contributed by atoms with Gasteiger partial charge in [0.05, 0.1) is 23.1 Å². The normalized spacial score (nSPS) is 15.0. The summed E-state index contributed by atoms with van der Waals surface area (Å²) < 4.78 is 1.68. The lowest BCUT2D eigenvalue weighted by molar-refractivity contribution is -0.113. The lowest BCUT2D eigenvalue weighted by Gasteiger charge is -2.39. The van der Waals surface area contributed by atoms with Crippen molar-refractivity contribution in [2.24, 2.45) is 0 Å². The second-order valence-electron chi connectivity index (χ2n) is 13.1. The van der Waals surface area contributed by atoms with Gasteiger partial charge in [0.15, 0.2) is 5.69 Å². The minimum atomic E-state index is -1.17. The zero-order valence-corrected chi connectivity index (χ0v) is 32.0. The molecule has 0 saturated heterocycles. The molecule has 2 heterocycles. The SMILES string of the molecule is CCCCN(CCCC)C(=O)c1cc(C)n(-c2ccc(NC(=O)CSc3cc(C)c(Cl)cc3Cl)cc2C(O)N2Cc3ccccc3CC2CO)n1. The van der Waals surface area contributed by atoms with Gasteiger partial charge in [-0.3, -0.25) is 14.5 Å². The van der Waals surface area contributed by atoms with Gasteiger partial charge in [-0.25, -0.2) is 4.68 Å². The van der Waals surface area contributed by atoms with Crippen molar-refractivity contribution in [3.63, 3.8) is 0 Å². The summed E-state index contributed by atoms with van der Waals surface area (Å²) in [5, 5.41) is 31.4. The highest BCUT2D eigenvalue weighted by molar-refractivity contribution is 8.00. The van der Waals surface area contributed by atoms with Crippen molar-refractivity contribution < 1.29 is 19.8 Å². The van der Waals surface area contributed by atoms with Crippen LogP contribution in [0.1, 0.15) is 84.2 Å². The standard InChI is InChI=1S/C39H47Cl2N5O4S/c1-5-7-15-44(16-8-6-2)39(50)34-18-26(4)46(43-34)35-14-13-29(42-37(48)24-51-36-17-25(3)32(40)21-33(36)41)20-31(35)38(49)45-22-28-12-10-9-11-27(28)19-30(45)23-47/h9-14,17-18,20-21,30,38,47,49H,5-8,15-16,19,22-24H2,1-4H3,(H,42,48). The van der Waals surface area contributed by atoms with Crippen molar-refractivity contribution in [2.75, 3.05) is 30.8 Å². The Balaban J connectivity index is 1.48. The molecular weight excluding hydrogens is 705 g/mol. The van der Waals surface area contributed by atoms with Crippen LogP contribution in [0.2, 0.25) is 10.0 Å². The van der Waals surface area contributed by atoms with Crippen LogP contribution in [0.5, 0.6) is 0 Å². The Hall–Kier alpha value is -3.38. The first-order valence-electron chi connectivity index (χ1n) is 17.5. The Morgan fingerprint density at radius 2 is 1.71 bits per heavy atom. The van der Waals surface area contributed by atoms with Gasteiger partial charge in [0.2, 0.25) is 5.91 Å². The van der Waals surface area contributed by atoms with Crippen LogP contribution in [-0.2, 0) is 17.8 Å². The highest BCUT2D eigenvalue weighted by Gasteiger charge is 2.33. The maximum atomic E-state index is 13.7. The second kappa shape index (κ2) is 17.9. The molecule has 9 nitrogen and oxygen atoms in total. The Morgan fingerprint density at radius 3 is 2.39 bits per heavy atom. The quantitative estimate of drug-likeness (QED) is 0.106. The number of aliphatic hydroxyl groups excluding tert-OH is 2. The molecule has 2 unspecified atom stereocenters. The predicted octanol–water partition coefficient (Wildman–Crippen LogP) is 7.98. The molecule has 2 atom stereocenters. The first-order valence-corrected chi connectivity index (χ1v) is 19.3. The van der Waals surface area contributed by atoms with E-state index in [0.29, 0.717) is 58.7 Å². The van der Waals surface area contributed by atoms with Crippen LogP contribution in [0.4, 0.5) is 5.69 Å². The molecule has 0 saturated carbocycles. The number of aliphatic hydroxyl groups is 2. The van der Waals surface area contributed by atoms with Gasteiger partial charge in [0.1, 0.15) is 6.23 Å². The Bertz CT molecular complexity index is 1840. The van der Waals surface area contributed by atoms with Gasteiger partial charge in [-0.1, -0.05) is 74.2 Å². The molecule has 3 aromatic carbocycles. The molecule has 2 amide bonds. The maximum absolute atomic E-state index is 13.7. The van der Waals surface area contributed by atoms with E-state index in [9.17, 15) is 19.8 Å². The molecule has 51 heavy (non-hydrogen) atoms. The molecule has 272 valence electrons. The minimum absolute atomic E-state index is 0.103. The summed E-state index contributed by atoms with van der Waals surface area (Å²) in [7, 11) is 0. The van der Waals surface area contributed by atoms with Crippen LogP contribution >= 0.6 is 35.0 Å². The van der Waals surface area contributed by atoms with E-state index >= 15 is 0 Å². The summed E-state index contributed by atoms with van der Waals surface area (Å²) >= 11 is 13.9. The summed E-state index contributed by atoms with van der Waals surface area (Å²) in [5.74, 6) is -0.266. The first kappa shape index (κ1) is 38.8. The summed E-state index contributed by atoms with van der Waals surface area (Å²) in [6, 6.07) is 18.3. The van der Waals surface area contributed by atoms with Crippen molar-refractivity contribution >= 4 is 52.5 Å². The molecule has 3 N–H and O–H groups in total. The molecule has 0 fully saturated rings. The number of fused-ring (bicyclic) bond motifs is 1. The number of unbranched alkanes of at least 4 members (excludes halogenated alkanes) is 2. The van der Waals surface area contributed by atoms with Gasteiger partial charge in [-0.05, 0) is 86.2 Å². The summed E-state index contributed by atoms with van der Waals surface area (Å²) in [6.45, 7) is 9.59. The van der Waals surface area contributed by atoms with Crippen molar-refractivity contribution in [3.8, 4) is 5.69 Å². The molecule has 0 bridgehead atoms. The highest BCUT2D eigenvalue weighted by Crippen LogP contribution is 2.35. The van der Waals surface area contributed by atoms with Gasteiger partial charge in [-0.2, -0.15) is 5.10 Å². The number of anilines is 1. The van der Waals surface area contributed by atoms with Crippen LogP contribution in [0.3, 0.4) is 0 Å². The van der Waals surface area contributed by atoms with E-state index in [2.05, 4.69) is 25.2 Å². The van der Waals surface area contributed by atoms with Gasteiger partial charge in [-0.15, -0.1) is 11.8 Å². The van der Waals surface area contributed by atoms with Crippen LogP contribution in [0.15, 0.2) is 65.6 Å². The number of benzene rings is 3. The Kier molecular flexibility index (Phi) is 13.6. The molecule has 1 aromatic heterocycles. The number of halogens is 2. The third-order valence-corrected chi connectivity index (χ3v) is 11.2. The van der Waals surface area contributed by atoms with Crippen LogP contribution in [-0.4, -0.2) is 73.1 Å². The molecule has 4 aromatic rings. The van der Waals surface area contributed by atoms with Crippen LogP contribution in [0.25, 0.3) is 5.69 Å². The highest BCUT2D eigenvalue weighted by atomic mass is 35.5. The maximum Gasteiger partial charge on any atom is 0.274 e. The molecule has 0 spiro atoms. The fourth-order valence-corrected chi connectivity index (χ4v) is 7.72. The van der Waals surface area contributed by atoms with E-state index in [-0.39, 0.29) is 30.2 Å². The summed E-state index contributed by atoms with van der Waals surface area (Å²) in [5.41, 5.74) is 5.68. The van der Waals surface area contributed by atoms with E-state index in [0.717, 1.165) is 53.0 Å². The molecule has 5 rings (SSSR count). The number of thioether (sulfide) groups is 1. The Labute approximate surface area is 314 Å². The summed E-state index contributed by atoms with van der Waals surface area (Å²) in [6.07, 6.45) is 3.20. The van der Waals surface area contributed by atoms with E-state index in [4.69, 9.17) is 28.3 Å². The number of aryl methyl sites for hydroxylation is 2. The van der Waals surface area contributed by atoms with Crippen molar-refractivity contribution in [1.82, 2.24) is 19.6 Å². The van der Waals surface area contributed by atoms with Gasteiger partial charge in [0, 0.05) is 52.5 Å². The minimum Gasteiger partial charge on any atom is -0.395 e. The third-order valence-electron chi connectivity index (χ3n) is 9.27. The topological polar surface area (TPSA) is 111 Å². The number of carbonyl (C=O) groups excluding carboxylic acids is 2. The number of hydrogen-bond donors (Lipinski definition) is 3. The van der Waals surface area contributed by atoms with Crippen LogP contribution in [0, 0.1) is 13.8 Å². The third kappa shape index (κ3) is 9.35. The monoisotopic (exact) mass is 751 g/mol. The molecule has 0 aliphatic carbocycles. The number of aromatic nitrogens is 2. The average Bonchev–Trinajstić information content (AvgIpc) is 3.52. The predicted molar refractivity (Wildman–Crippen MR) is 206 cm³/mol. The smallest absolute Gasteiger partial charge is 0.274 e. The fourth-order valence-electron chi connectivity index (χ4n) is 6.35. The van der Waals surface area contributed by atoms with Crippen molar-refractivity contribution in [2.45, 2.75) is 83.5 Å². The number of hydrogen-bond acceptors (Lipinski definition) is 7. The zero-order valence-electron chi connectivity index (χ0n) is 29.7. The second-order valence-corrected chi connectivity index (χ2v) is 14.9. The number of nitrogens with one attached hydrogen (secondary N) is 1.